The van der Waals surface area contributed by atoms with Crippen molar-refractivity contribution in [3.05, 3.63) is 39.9 Å². The third-order valence-electron chi connectivity index (χ3n) is 8.06. The highest BCUT2D eigenvalue weighted by atomic mass is 19.1. The van der Waals surface area contributed by atoms with E-state index in [0.29, 0.717) is 13.0 Å². The Balaban J connectivity index is 1.66. The van der Waals surface area contributed by atoms with E-state index < -0.39 is 92.7 Å². The highest BCUT2D eigenvalue weighted by Crippen LogP contribution is 2.53. The molecular formula is C25H27FN4O8. The Bertz CT molecular complexity index is 1380. The van der Waals surface area contributed by atoms with Crippen LogP contribution >= 0.6 is 0 Å². The number of hydrogen-bond donors (Lipinski definition) is 7. The van der Waals surface area contributed by atoms with Gasteiger partial charge in [0.1, 0.15) is 22.9 Å². The summed E-state index contributed by atoms with van der Waals surface area (Å²) >= 11 is 0. The molecule has 202 valence electrons. The average molecular weight is 531 g/mol. The zero-order valence-electron chi connectivity index (χ0n) is 20.5. The first-order valence-corrected chi connectivity index (χ1v) is 12.0. The highest BCUT2D eigenvalue weighted by Gasteiger charge is 2.64. The molecule has 0 radical (unpaired) electrons. The normalized spacial score (nSPS) is 30.4. The van der Waals surface area contributed by atoms with E-state index in [2.05, 4.69) is 10.6 Å². The van der Waals surface area contributed by atoms with Gasteiger partial charge in [-0.15, -0.1) is 0 Å². The van der Waals surface area contributed by atoms with Gasteiger partial charge in [-0.2, -0.15) is 0 Å². The number of anilines is 1. The maximum absolute atomic E-state index is 15.3. The number of Topliss-reactive ketones (excluding diaryl/α,β-unsaturated/α-hetero) is 2. The van der Waals surface area contributed by atoms with Gasteiger partial charge in [0.15, 0.2) is 17.1 Å². The summed E-state index contributed by atoms with van der Waals surface area (Å²) in [5, 5.41) is 49.8. The van der Waals surface area contributed by atoms with Gasteiger partial charge in [-0.05, 0) is 45.8 Å². The van der Waals surface area contributed by atoms with Gasteiger partial charge in [0, 0.05) is 23.1 Å². The average Bonchev–Trinajstić information content (AvgIpc) is 2.78. The van der Waals surface area contributed by atoms with Crippen molar-refractivity contribution >= 4 is 34.8 Å². The number of benzene rings is 1. The number of amides is 2. The number of primary amides is 1. The second kappa shape index (κ2) is 8.61. The topological polar surface area (TPSA) is 203 Å². The zero-order chi connectivity index (χ0) is 27.8. The van der Waals surface area contributed by atoms with E-state index in [0.717, 1.165) is 6.07 Å². The van der Waals surface area contributed by atoms with Gasteiger partial charge in [-0.3, -0.25) is 24.1 Å². The highest BCUT2D eigenvalue weighted by molar-refractivity contribution is 6.24. The van der Waals surface area contributed by atoms with Crippen molar-refractivity contribution in [2.75, 3.05) is 26.0 Å². The monoisotopic (exact) mass is 530 g/mol. The van der Waals surface area contributed by atoms with Crippen LogP contribution in [0.5, 0.6) is 5.75 Å². The quantitative estimate of drug-likeness (QED) is 0.195. The Morgan fingerprint density at radius 2 is 1.89 bits per heavy atom. The number of carbonyl (C=O) groups excluding carboxylic acids is 4. The van der Waals surface area contributed by atoms with Crippen LogP contribution in [0.4, 0.5) is 10.1 Å². The first kappa shape index (κ1) is 25.8. The smallest absolute Gasteiger partial charge is 0.255 e. The van der Waals surface area contributed by atoms with Crippen molar-refractivity contribution in [2.24, 2.45) is 17.6 Å². The van der Waals surface area contributed by atoms with E-state index in [4.69, 9.17) is 5.73 Å². The van der Waals surface area contributed by atoms with Crippen LogP contribution in [-0.4, -0.2) is 87.0 Å². The molecule has 0 bridgehead atoms. The first-order chi connectivity index (χ1) is 17.8. The van der Waals surface area contributed by atoms with Gasteiger partial charge in [0.25, 0.3) is 5.91 Å². The van der Waals surface area contributed by atoms with Crippen LogP contribution < -0.4 is 16.4 Å². The number of fused-ring (bicyclic) bond motifs is 3. The molecule has 1 aromatic carbocycles. The van der Waals surface area contributed by atoms with E-state index in [9.17, 15) is 39.6 Å². The Hall–Kier alpha value is -3.81. The first-order valence-electron chi connectivity index (χ1n) is 12.0. The Kier molecular flexibility index (Phi) is 5.85. The fourth-order valence-electron chi connectivity index (χ4n) is 6.09. The molecule has 13 heteroatoms. The SMILES string of the molecule is CN(C)[C@@H]1C(=O)C(C(N)=O)=C(O)[C@@]2(O)C(=O)C3=C(O)c4c(O)c(NC(=O)[C@@H]5CCN5)cc(F)c4C[C@H]3C[C@@H]12. The molecule has 1 saturated heterocycles. The van der Waals surface area contributed by atoms with Crippen molar-refractivity contribution in [1.82, 2.24) is 10.2 Å². The predicted octanol–water partition coefficient (Wildman–Crippen LogP) is -0.596. The number of nitrogens with zero attached hydrogens (tertiary/aromatic N) is 1. The molecule has 1 aliphatic heterocycles. The van der Waals surface area contributed by atoms with E-state index in [1.54, 1.807) is 0 Å². The lowest BCUT2D eigenvalue weighted by atomic mass is 9.57. The van der Waals surface area contributed by atoms with E-state index in [1.165, 1.54) is 19.0 Å². The molecule has 5 atom stereocenters. The third-order valence-corrected chi connectivity index (χ3v) is 8.06. The number of phenols is 1. The number of hydrogen-bond acceptors (Lipinski definition) is 10. The molecule has 38 heavy (non-hydrogen) atoms. The molecule has 1 aromatic rings. The fraction of sp³-hybridized carbons (Fsp3) is 0.440. The molecule has 4 aliphatic rings. The number of ketones is 2. The number of nitrogens with two attached hydrogens (primary N) is 1. The number of rotatable bonds is 4. The molecule has 0 spiro atoms. The largest absolute Gasteiger partial charge is 0.508 e. The minimum atomic E-state index is -2.79. The van der Waals surface area contributed by atoms with Gasteiger partial charge in [-0.25, -0.2) is 4.39 Å². The summed E-state index contributed by atoms with van der Waals surface area (Å²) in [6, 6.07) is -0.836. The van der Waals surface area contributed by atoms with Crippen molar-refractivity contribution in [3.63, 3.8) is 0 Å². The molecule has 1 heterocycles. The van der Waals surface area contributed by atoms with Crippen molar-refractivity contribution < 1.29 is 44.0 Å². The second-order valence-corrected chi connectivity index (χ2v) is 10.4. The van der Waals surface area contributed by atoms with Gasteiger partial charge >= 0.3 is 0 Å². The molecular weight excluding hydrogens is 503 g/mol. The number of nitrogens with one attached hydrogen (secondary N) is 2. The minimum Gasteiger partial charge on any atom is -0.508 e. The fourth-order valence-corrected chi connectivity index (χ4v) is 6.09. The van der Waals surface area contributed by atoms with Crippen LogP contribution in [0.15, 0.2) is 23.0 Å². The summed E-state index contributed by atoms with van der Waals surface area (Å²) in [6.07, 6.45) is 0.205. The predicted molar refractivity (Wildman–Crippen MR) is 129 cm³/mol. The molecule has 8 N–H and O–H groups in total. The van der Waals surface area contributed by atoms with E-state index in [-0.39, 0.29) is 24.1 Å². The van der Waals surface area contributed by atoms with Gasteiger partial charge in [-0.1, -0.05) is 0 Å². The molecule has 1 saturated carbocycles. The van der Waals surface area contributed by atoms with Crippen molar-refractivity contribution in [1.29, 1.82) is 0 Å². The van der Waals surface area contributed by atoms with Crippen LogP contribution in [0.25, 0.3) is 5.76 Å². The molecule has 0 unspecified atom stereocenters. The van der Waals surface area contributed by atoms with Crippen LogP contribution in [0, 0.1) is 17.7 Å². The summed E-state index contributed by atoms with van der Waals surface area (Å²) in [4.78, 5) is 52.6. The lowest BCUT2D eigenvalue weighted by molar-refractivity contribution is -0.153. The second-order valence-electron chi connectivity index (χ2n) is 10.4. The summed E-state index contributed by atoms with van der Waals surface area (Å²) in [5.41, 5.74) is 0.305. The zero-order valence-corrected chi connectivity index (χ0v) is 20.5. The van der Waals surface area contributed by atoms with Crippen LogP contribution in [-0.2, 0) is 25.6 Å². The number of halogens is 1. The number of aromatic hydroxyl groups is 1. The number of aliphatic hydroxyl groups excluding tert-OH is 2. The van der Waals surface area contributed by atoms with Crippen LogP contribution in [0.2, 0.25) is 0 Å². The Morgan fingerprint density at radius 3 is 2.45 bits per heavy atom. The van der Waals surface area contributed by atoms with Gasteiger partial charge in [0.2, 0.25) is 11.7 Å². The Labute approximate surface area is 215 Å². The summed E-state index contributed by atoms with van der Waals surface area (Å²) in [6.45, 7) is 0.627. The molecule has 12 nitrogen and oxygen atoms in total. The van der Waals surface area contributed by atoms with E-state index >= 15 is 4.39 Å². The van der Waals surface area contributed by atoms with Crippen molar-refractivity contribution in [2.45, 2.75) is 36.9 Å². The number of likely N-dealkylation sites (N-methyl/N-ethyl adjacent to an activating group) is 1. The van der Waals surface area contributed by atoms with Gasteiger partial charge in [0.05, 0.1) is 23.3 Å². The maximum Gasteiger partial charge on any atom is 0.255 e. The van der Waals surface area contributed by atoms with E-state index in [1.807, 2.05) is 0 Å². The summed E-state index contributed by atoms with van der Waals surface area (Å²) in [7, 11) is 2.97. The summed E-state index contributed by atoms with van der Waals surface area (Å²) < 4.78 is 15.3. The summed E-state index contributed by atoms with van der Waals surface area (Å²) in [5.74, 6) is -9.67. The third kappa shape index (κ3) is 3.38. The molecule has 5 rings (SSSR count). The maximum atomic E-state index is 15.3. The molecule has 3 aliphatic carbocycles. The minimum absolute atomic E-state index is 0.118. The Morgan fingerprint density at radius 1 is 1.24 bits per heavy atom. The lowest BCUT2D eigenvalue weighted by Gasteiger charge is -2.50. The van der Waals surface area contributed by atoms with Gasteiger partial charge < -0.3 is 36.8 Å². The van der Waals surface area contributed by atoms with Crippen molar-refractivity contribution in [3.8, 4) is 5.75 Å². The lowest BCUT2D eigenvalue weighted by Crippen LogP contribution is -2.65. The molecule has 2 fully saturated rings. The number of carbonyl (C=O) groups is 4. The number of aliphatic hydroxyl groups is 3. The van der Waals surface area contributed by atoms with Crippen LogP contribution in [0.1, 0.15) is 24.0 Å². The molecule has 2 amide bonds. The standard InChI is InChI=1S/C25H27FN4O8/c1-30(2)17-10-6-8-5-9-11(26)7-13(29-24(37)12-3-4-28-12)18(31)15(9)19(32)14(8)21(34)25(10,38)22(35)16(20(17)33)23(27)36/h7-8,10,12,17,28,31-32,35,38H,3-6H2,1-2H3,(H2,27,36)(H,29,37)/t8-,10-,12-,17-,25-/m0/s1. The number of phenolic OH excluding ortho intramolecular Hbond substituents is 1. The van der Waals surface area contributed by atoms with Crippen LogP contribution in [0.3, 0.4) is 0 Å². The molecule has 0 aromatic heterocycles.